The lowest BCUT2D eigenvalue weighted by Crippen LogP contribution is -2.42. The van der Waals surface area contributed by atoms with Gasteiger partial charge < -0.3 is 63.8 Å². The van der Waals surface area contributed by atoms with Gasteiger partial charge in [0.2, 0.25) is 5.91 Å². The lowest BCUT2D eigenvalue weighted by atomic mass is 10.2. The molecule has 6 atom stereocenters. The highest BCUT2D eigenvalue weighted by Gasteiger charge is 2.29. The number of aliphatic hydroxyl groups is 6. The lowest BCUT2D eigenvalue weighted by molar-refractivity contribution is -0.152. The van der Waals surface area contributed by atoms with Crippen molar-refractivity contribution in [2.45, 2.75) is 147 Å². The molecule has 0 aliphatic heterocycles. The van der Waals surface area contributed by atoms with E-state index in [0.717, 1.165) is 38.3 Å². The number of hydrogen-bond acceptors (Lipinski definition) is 17. The molecule has 0 saturated carbocycles. The molecule has 0 bridgehead atoms. The minimum Gasteiger partial charge on any atom is -0.466 e. The van der Waals surface area contributed by atoms with Gasteiger partial charge >= 0.3 is 23.9 Å². The van der Waals surface area contributed by atoms with E-state index in [2.05, 4.69) is 47.5 Å². The van der Waals surface area contributed by atoms with E-state index in [1.165, 1.54) is 6.92 Å². The molecule has 18 nitrogen and oxygen atoms in total. The number of carbonyl (C=O) groups is 5. The van der Waals surface area contributed by atoms with Crippen LogP contribution in [-0.4, -0.2) is 162 Å². The van der Waals surface area contributed by atoms with Gasteiger partial charge in [0.15, 0.2) is 16.6 Å². The van der Waals surface area contributed by atoms with Crippen molar-refractivity contribution in [2.24, 2.45) is 29.6 Å². The number of unbranched alkanes of at least 4 members (excludes halogenated alkanes) is 1. The van der Waals surface area contributed by atoms with E-state index in [-0.39, 0.29) is 86.4 Å². The van der Waals surface area contributed by atoms with Crippen LogP contribution < -0.4 is 5.32 Å². The van der Waals surface area contributed by atoms with Gasteiger partial charge in [-0.15, -0.1) is 0 Å². The van der Waals surface area contributed by atoms with Crippen LogP contribution in [0, 0.1) is 29.6 Å². The van der Waals surface area contributed by atoms with Gasteiger partial charge in [0.1, 0.15) is 6.10 Å². The predicted octanol–water partition coefficient (Wildman–Crippen LogP) is 4.46. The SMILES string of the molecule is CC(CO)COCCC[Si](C)(C)O[Si](C)(C)C.CCCCOC(=O)C(C)CO.CCCOC(=O)C(C)CO.CCNC(=O)C(C)CO.CCOC(=O)C(C)CO.CCOC(=O)C(C)O. The van der Waals surface area contributed by atoms with Crippen LogP contribution >= 0.6 is 0 Å². The number of esters is 4. The van der Waals surface area contributed by atoms with Crippen LogP contribution in [0.5, 0.6) is 0 Å². The maximum atomic E-state index is 10.9. The highest BCUT2D eigenvalue weighted by molar-refractivity contribution is 6.84. The summed E-state index contributed by atoms with van der Waals surface area (Å²) in [5, 5.41) is 53.9. The summed E-state index contributed by atoms with van der Waals surface area (Å²) in [5.41, 5.74) is 0. The van der Waals surface area contributed by atoms with Crippen molar-refractivity contribution in [3.63, 3.8) is 0 Å². The summed E-state index contributed by atoms with van der Waals surface area (Å²) >= 11 is 0. The molecule has 1 amide bonds. The van der Waals surface area contributed by atoms with Crippen LogP contribution in [0.3, 0.4) is 0 Å². The second kappa shape index (κ2) is 48.4. The number of hydrogen-bond donors (Lipinski definition) is 7. The van der Waals surface area contributed by atoms with Crippen molar-refractivity contribution in [1.29, 1.82) is 0 Å². The third kappa shape index (κ3) is 55.6. The minimum atomic E-state index is -1.49. The Balaban J connectivity index is -0.000000161. The molecule has 0 aromatic heterocycles. The molecule has 6 unspecified atom stereocenters. The third-order valence-electron chi connectivity index (χ3n) is 7.57. The number of aliphatic hydroxyl groups excluding tert-OH is 6. The molecule has 0 aromatic rings. The van der Waals surface area contributed by atoms with Crippen LogP contribution in [0.1, 0.15) is 102 Å². The van der Waals surface area contributed by atoms with Crippen molar-refractivity contribution in [3.05, 3.63) is 0 Å². The van der Waals surface area contributed by atoms with Gasteiger partial charge in [-0.25, -0.2) is 4.79 Å². The highest BCUT2D eigenvalue weighted by Crippen LogP contribution is 2.19. The van der Waals surface area contributed by atoms with Crippen molar-refractivity contribution in [2.75, 3.05) is 79.2 Å². The van der Waals surface area contributed by atoms with Gasteiger partial charge in [0.25, 0.3) is 0 Å². The normalized spacial score (nSPS) is 13.3. The summed E-state index contributed by atoms with van der Waals surface area (Å²) in [5.74, 6) is -2.77. The zero-order chi connectivity index (χ0) is 51.3. The number of rotatable bonds is 26. The molecule has 0 aliphatic rings. The first-order valence-corrected chi connectivity index (χ1v) is 29.2. The van der Waals surface area contributed by atoms with E-state index in [1.54, 1.807) is 41.5 Å². The van der Waals surface area contributed by atoms with Gasteiger partial charge in [-0.05, 0) is 107 Å². The summed E-state index contributed by atoms with van der Waals surface area (Å²) < 4.78 is 30.4. The first-order chi connectivity index (χ1) is 29.7. The van der Waals surface area contributed by atoms with Crippen LogP contribution in [0.4, 0.5) is 0 Å². The van der Waals surface area contributed by atoms with Gasteiger partial charge in [-0.2, -0.15) is 0 Å². The third-order valence-corrected chi connectivity index (χ3v) is 13.8. The molecule has 0 saturated heterocycles. The molecule has 0 rings (SSSR count). The van der Waals surface area contributed by atoms with Gasteiger partial charge in [0.05, 0.1) is 83.1 Å². The molecule has 0 heterocycles. The smallest absolute Gasteiger partial charge is 0.334 e. The summed E-state index contributed by atoms with van der Waals surface area (Å²) in [6, 6.07) is 1.16. The Bertz CT molecular complexity index is 1090. The van der Waals surface area contributed by atoms with Crippen molar-refractivity contribution in [3.8, 4) is 0 Å². The molecule has 0 spiro atoms. The average Bonchev–Trinajstić information content (AvgIpc) is 3.24. The van der Waals surface area contributed by atoms with Gasteiger partial charge in [-0.3, -0.25) is 19.2 Å². The zero-order valence-electron chi connectivity index (χ0n) is 42.7. The van der Waals surface area contributed by atoms with E-state index in [1.807, 2.05) is 27.7 Å². The summed E-state index contributed by atoms with van der Waals surface area (Å²) in [7, 11) is -2.89. The predicted molar refractivity (Wildman–Crippen MR) is 254 cm³/mol. The lowest BCUT2D eigenvalue weighted by Gasteiger charge is -2.31. The van der Waals surface area contributed by atoms with E-state index >= 15 is 0 Å². The Labute approximate surface area is 388 Å². The Kier molecular flexibility index (Phi) is 55.2. The quantitative estimate of drug-likeness (QED) is 0.0273. The largest absolute Gasteiger partial charge is 0.466 e. The second-order valence-electron chi connectivity index (χ2n) is 16.5. The number of ether oxygens (including phenoxy) is 5. The number of nitrogens with one attached hydrogen (secondary N) is 1. The maximum Gasteiger partial charge on any atom is 0.334 e. The van der Waals surface area contributed by atoms with Crippen molar-refractivity contribution in [1.82, 2.24) is 5.32 Å². The molecule has 386 valence electrons. The van der Waals surface area contributed by atoms with Crippen LogP contribution in [0.25, 0.3) is 0 Å². The Morgan fingerprint density at radius 3 is 1.28 bits per heavy atom. The fraction of sp³-hybridized carbons (Fsp3) is 0.886. The maximum absolute atomic E-state index is 10.9. The second-order valence-corrected chi connectivity index (χ2v) is 25.6. The Hall–Kier alpha value is -2.54. The van der Waals surface area contributed by atoms with E-state index in [9.17, 15) is 24.0 Å². The first-order valence-electron chi connectivity index (χ1n) is 22.7. The summed E-state index contributed by atoms with van der Waals surface area (Å²) in [4.78, 5) is 53.2. The number of carbonyl (C=O) groups excluding carboxylic acids is 5. The summed E-state index contributed by atoms with van der Waals surface area (Å²) in [6.07, 6.45) is 2.81. The summed E-state index contributed by atoms with van der Waals surface area (Å²) in [6.45, 7) is 34.0. The van der Waals surface area contributed by atoms with Gasteiger partial charge in [0, 0.05) is 25.7 Å². The van der Waals surface area contributed by atoms with Crippen LogP contribution in [0.2, 0.25) is 38.8 Å². The average molecular weight is 966 g/mol. The first kappa shape index (κ1) is 73.0. The molecule has 0 aliphatic carbocycles. The minimum absolute atomic E-state index is 0.0775. The molecule has 0 radical (unpaired) electrons. The van der Waals surface area contributed by atoms with Crippen molar-refractivity contribution < 1.29 is 82.4 Å². The van der Waals surface area contributed by atoms with E-state index in [0.29, 0.717) is 39.6 Å². The van der Waals surface area contributed by atoms with Gasteiger partial charge in [-0.1, -0.05) is 34.1 Å². The monoisotopic (exact) mass is 966 g/mol. The van der Waals surface area contributed by atoms with E-state index < -0.39 is 28.7 Å². The zero-order valence-corrected chi connectivity index (χ0v) is 44.7. The van der Waals surface area contributed by atoms with Crippen LogP contribution in [-0.2, 0) is 51.8 Å². The van der Waals surface area contributed by atoms with Crippen molar-refractivity contribution >= 4 is 46.4 Å². The molecular weight excluding hydrogens is 871 g/mol. The van der Waals surface area contributed by atoms with Crippen LogP contribution in [0.15, 0.2) is 0 Å². The topological polar surface area (TPSA) is 274 Å². The molecule has 0 aromatic carbocycles. The molecular formula is C44H95NO17Si2. The number of amides is 1. The molecule has 20 heteroatoms. The Morgan fingerprint density at radius 2 is 0.953 bits per heavy atom. The fourth-order valence-corrected chi connectivity index (χ4v) is 11.9. The standard InChI is InChI=1S/C12H30O3Si2.C8H16O3.C7H14O3.C6H13NO2.C6H12O3.C5H10O3/c1-12(10-13)11-14-8-7-9-17(5,6)15-16(2,3)4;1-3-4-5-11-8(10)7(2)6-9;1-3-4-10-7(9)6(2)5-8;1-3-7-6(9)5(2)4-8;1-3-9-6(8)5(2)4-7;1-3-8-5(7)4(2)6/h12-13H,7-11H2,1-6H3;7,9H,3-6H2,1-2H3;6,8H,3-5H2,1-2H3;5,8H,3-4H2,1-2H3,(H,7,9);5,7H,3-4H2,1-2H3;4,6H,3H2,1-2H3. The molecule has 7 N–H and O–H groups in total. The fourth-order valence-electron chi connectivity index (χ4n) is 3.82. The molecule has 64 heavy (non-hydrogen) atoms. The Morgan fingerprint density at radius 1 is 0.531 bits per heavy atom. The highest BCUT2D eigenvalue weighted by atomic mass is 28.4. The molecule has 0 fully saturated rings. The van der Waals surface area contributed by atoms with E-state index in [4.69, 9.17) is 49.0 Å².